The van der Waals surface area contributed by atoms with Crippen LogP contribution in [-0.2, 0) is 0 Å². The summed E-state index contributed by atoms with van der Waals surface area (Å²) >= 11 is 0. The lowest BCUT2D eigenvalue weighted by Crippen LogP contribution is -2.59. The summed E-state index contributed by atoms with van der Waals surface area (Å²) in [6.45, 7) is 0.777. The number of carbonyl (C=O) groups excluding carboxylic acids is 1. The number of halogens is 2. The largest absolute Gasteiger partial charge is 0.391 e. The van der Waals surface area contributed by atoms with E-state index in [0.29, 0.717) is 36.7 Å². The van der Waals surface area contributed by atoms with Gasteiger partial charge < -0.3 is 20.6 Å². The SMILES string of the molecule is BC(B)CC(B)(B)N(C1C=Cn2ncc(NC(=O)N3CCC(O)C3)c2N1)C(B)c1cc(F)ccc1F. The highest BCUT2D eigenvalue weighted by molar-refractivity contribution is 6.42. The highest BCUT2D eigenvalue weighted by Crippen LogP contribution is 2.35. The molecule has 0 spiro atoms. The zero-order chi connectivity index (χ0) is 26.2. The summed E-state index contributed by atoms with van der Waals surface area (Å²) in [5.41, 5.74) is 1.15. The second-order valence-corrected chi connectivity index (χ2v) is 10.8. The van der Waals surface area contributed by atoms with Crippen molar-refractivity contribution in [1.29, 1.82) is 0 Å². The van der Waals surface area contributed by atoms with Crippen LogP contribution in [0.1, 0.15) is 24.3 Å². The van der Waals surface area contributed by atoms with Crippen LogP contribution in [0.2, 0.25) is 5.72 Å². The number of aliphatic hydroxyl groups excluding tert-OH is 1. The summed E-state index contributed by atoms with van der Waals surface area (Å²) in [6, 6.07) is 3.24. The van der Waals surface area contributed by atoms with Crippen LogP contribution >= 0.6 is 0 Å². The molecule has 15 heteroatoms. The summed E-state index contributed by atoms with van der Waals surface area (Å²) in [7, 11) is 10.3. The number of benzene rings is 1. The molecule has 3 heterocycles. The van der Waals surface area contributed by atoms with Gasteiger partial charge >= 0.3 is 6.03 Å². The number of anilines is 2. The van der Waals surface area contributed by atoms with E-state index in [0.717, 1.165) is 18.6 Å². The van der Waals surface area contributed by atoms with Crippen molar-refractivity contribution in [2.45, 2.75) is 42.1 Å². The number of fused-ring (bicyclic) bond motifs is 1. The van der Waals surface area contributed by atoms with E-state index in [-0.39, 0.29) is 17.8 Å². The monoisotopic (exact) mass is 492 g/mol. The lowest BCUT2D eigenvalue weighted by atomic mass is 9.50. The summed E-state index contributed by atoms with van der Waals surface area (Å²) in [4.78, 5) is 16.4. The van der Waals surface area contributed by atoms with Gasteiger partial charge in [-0.15, -0.1) is 0 Å². The van der Waals surface area contributed by atoms with Crippen LogP contribution in [0.3, 0.4) is 0 Å². The van der Waals surface area contributed by atoms with Gasteiger partial charge in [-0.25, -0.2) is 18.3 Å². The smallest absolute Gasteiger partial charge is 0.322 e. The fraction of sp³-hybridized carbons (Fsp3) is 0.429. The maximum Gasteiger partial charge on any atom is 0.322 e. The molecule has 1 saturated heterocycles. The third kappa shape index (κ3) is 5.51. The van der Waals surface area contributed by atoms with E-state index >= 15 is 0 Å². The van der Waals surface area contributed by atoms with Gasteiger partial charge in [0.05, 0.1) is 28.0 Å². The number of nitrogens with one attached hydrogen (secondary N) is 2. The standard InChI is InChI=1S/C21H31B5F2N6O2/c22-16(23)8-21(25,26)34(18(24)13-7-11(27)1-2-14(13)28)17-4-6-33-19(31-17)15(9-29-33)30-20(36)32-5-3-12(35)10-32/h1-2,4,6-7,9,12,16-18,31,35H,3,5,8,10,22-26H2,(H,30,36). The molecule has 0 bridgehead atoms. The highest BCUT2D eigenvalue weighted by Gasteiger charge is 2.38. The molecule has 0 radical (unpaired) electrons. The Morgan fingerprint density at radius 1 is 1.33 bits per heavy atom. The van der Waals surface area contributed by atoms with Crippen molar-refractivity contribution in [3.8, 4) is 0 Å². The molecular formula is C21H31B5F2N6O2. The normalized spacial score (nSPS) is 20.4. The molecule has 3 N–H and O–H groups in total. The van der Waals surface area contributed by atoms with Crippen molar-refractivity contribution in [3.05, 3.63) is 47.7 Å². The molecule has 1 aromatic heterocycles. The van der Waals surface area contributed by atoms with Gasteiger partial charge in [0.25, 0.3) is 0 Å². The molecule has 0 aliphatic carbocycles. The number of aromatic nitrogens is 2. The van der Waals surface area contributed by atoms with Crippen molar-refractivity contribution in [2.24, 2.45) is 0 Å². The van der Waals surface area contributed by atoms with Crippen molar-refractivity contribution >= 4 is 63.0 Å². The number of hydrogen-bond acceptors (Lipinski definition) is 5. The summed E-state index contributed by atoms with van der Waals surface area (Å²) in [6.07, 6.45) is 5.78. The number of nitrogens with zero attached hydrogens (tertiary/aromatic N) is 4. The molecule has 8 nitrogen and oxygen atoms in total. The molecule has 1 fully saturated rings. The van der Waals surface area contributed by atoms with Crippen LogP contribution in [0, 0.1) is 11.6 Å². The molecule has 1 aromatic carbocycles. The fourth-order valence-corrected chi connectivity index (χ4v) is 5.58. The van der Waals surface area contributed by atoms with E-state index in [2.05, 4.69) is 52.0 Å². The third-order valence-corrected chi connectivity index (χ3v) is 6.91. The minimum absolute atomic E-state index is 0.280. The average molecular weight is 492 g/mol. The summed E-state index contributed by atoms with van der Waals surface area (Å²) < 4.78 is 30.6. The van der Waals surface area contributed by atoms with Crippen LogP contribution in [0.5, 0.6) is 0 Å². The first-order valence-corrected chi connectivity index (χ1v) is 12.5. The molecular weight excluding hydrogens is 460 g/mol. The van der Waals surface area contributed by atoms with Gasteiger partial charge in [0.2, 0.25) is 0 Å². The number of amides is 2. The van der Waals surface area contributed by atoms with Gasteiger partial charge in [-0.3, -0.25) is 4.90 Å². The minimum atomic E-state index is -0.510. The maximum absolute atomic E-state index is 14.9. The van der Waals surface area contributed by atoms with Crippen molar-refractivity contribution < 1.29 is 18.7 Å². The van der Waals surface area contributed by atoms with E-state index < -0.39 is 29.0 Å². The van der Waals surface area contributed by atoms with Gasteiger partial charge in [-0.05, 0) is 41.6 Å². The van der Waals surface area contributed by atoms with Gasteiger partial charge in [0.15, 0.2) is 5.82 Å². The lowest BCUT2D eigenvalue weighted by Gasteiger charge is -2.49. The van der Waals surface area contributed by atoms with Crippen LogP contribution in [0.4, 0.5) is 25.1 Å². The summed E-state index contributed by atoms with van der Waals surface area (Å²) in [5, 5.41) is 20.1. The average Bonchev–Trinajstić information content (AvgIpc) is 3.40. The predicted molar refractivity (Wildman–Crippen MR) is 151 cm³/mol. The molecule has 3 unspecified atom stereocenters. The fourth-order valence-electron chi connectivity index (χ4n) is 5.58. The Morgan fingerprint density at radius 2 is 2.08 bits per heavy atom. The Balaban J connectivity index is 1.63. The van der Waals surface area contributed by atoms with E-state index in [4.69, 9.17) is 0 Å². The molecule has 186 valence electrons. The first-order chi connectivity index (χ1) is 17.0. The van der Waals surface area contributed by atoms with Crippen molar-refractivity contribution in [3.63, 3.8) is 0 Å². The zero-order valence-corrected chi connectivity index (χ0v) is 21.5. The van der Waals surface area contributed by atoms with Gasteiger partial charge in [0, 0.05) is 25.2 Å². The second-order valence-electron chi connectivity index (χ2n) is 10.8. The number of urea groups is 1. The van der Waals surface area contributed by atoms with Crippen LogP contribution in [0.25, 0.3) is 6.20 Å². The Bertz CT molecular complexity index is 1150. The lowest BCUT2D eigenvalue weighted by molar-refractivity contribution is 0.167. The number of likely N-dealkylation sites (tertiary alicyclic amines) is 1. The van der Waals surface area contributed by atoms with Crippen LogP contribution in [-0.4, -0.2) is 101 Å². The Kier molecular flexibility index (Phi) is 7.61. The number of rotatable bonds is 7. The van der Waals surface area contributed by atoms with Crippen LogP contribution < -0.4 is 10.6 Å². The molecule has 4 rings (SSSR count). The number of carbonyl (C=O) groups is 1. The second kappa shape index (κ2) is 10.4. The quantitative estimate of drug-likeness (QED) is 0.388. The topological polar surface area (TPSA) is 85.7 Å². The van der Waals surface area contributed by atoms with E-state index in [1.807, 2.05) is 13.9 Å². The predicted octanol–water partition coefficient (Wildman–Crippen LogP) is -2.06. The zero-order valence-electron chi connectivity index (χ0n) is 21.5. The molecule has 3 atom stereocenters. The van der Waals surface area contributed by atoms with E-state index in [1.54, 1.807) is 22.0 Å². The number of β-amino-alcohol motifs (C(OH)–C–C–N with tert-alkyl or cyclic N) is 1. The Labute approximate surface area is 214 Å². The summed E-state index contributed by atoms with van der Waals surface area (Å²) in [5.74, 6) is -0.815. The van der Waals surface area contributed by atoms with E-state index in [1.165, 1.54) is 6.07 Å². The van der Waals surface area contributed by atoms with Gasteiger partial charge in [-0.2, -0.15) is 5.10 Å². The Hall–Kier alpha value is -2.66. The Morgan fingerprint density at radius 3 is 2.75 bits per heavy atom. The minimum Gasteiger partial charge on any atom is -0.391 e. The third-order valence-electron chi connectivity index (χ3n) is 6.91. The molecule has 2 aromatic rings. The first-order valence-electron chi connectivity index (χ1n) is 12.5. The molecule has 0 saturated carbocycles. The number of hydrogen-bond donors (Lipinski definition) is 3. The first kappa shape index (κ1) is 26.4. The maximum atomic E-state index is 14.9. The highest BCUT2D eigenvalue weighted by atomic mass is 19.1. The molecule has 2 aliphatic rings. The van der Waals surface area contributed by atoms with Crippen molar-refractivity contribution in [1.82, 2.24) is 19.6 Å². The molecule has 2 amide bonds. The van der Waals surface area contributed by atoms with Gasteiger partial charge in [0.1, 0.15) is 47.0 Å². The van der Waals surface area contributed by atoms with Crippen LogP contribution in [0.15, 0.2) is 30.5 Å². The molecule has 36 heavy (non-hydrogen) atoms. The van der Waals surface area contributed by atoms with Gasteiger partial charge in [-0.1, -0.05) is 12.1 Å². The van der Waals surface area contributed by atoms with E-state index in [9.17, 15) is 18.7 Å². The molecule has 2 aliphatic heterocycles. The number of aliphatic hydroxyl groups is 1. The van der Waals surface area contributed by atoms with Crippen molar-refractivity contribution in [2.75, 3.05) is 23.7 Å².